The molecule has 350 valence electrons. The Hall–Kier alpha value is -0.0400. The van der Waals surface area contributed by atoms with Gasteiger partial charge in [0.2, 0.25) is 0 Å². The highest BCUT2D eigenvalue weighted by Gasteiger charge is 1.99. The van der Waals surface area contributed by atoms with Crippen LogP contribution in [-0.4, -0.2) is 177 Å². The van der Waals surface area contributed by atoms with Gasteiger partial charge in [-0.25, -0.2) is 0 Å². The Morgan fingerprint density at radius 1 is 0.190 bits per heavy atom. The monoisotopic (exact) mass is 905 g/mol. The van der Waals surface area contributed by atoms with Crippen LogP contribution in [0.25, 0.3) is 0 Å². The average molecular weight is 906 g/mol. The van der Waals surface area contributed by atoms with Crippen LogP contribution in [0, 0.1) is 0 Å². The van der Waals surface area contributed by atoms with Crippen LogP contribution in [0.1, 0.15) is 110 Å². The van der Waals surface area contributed by atoms with Crippen LogP contribution in [0.4, 0.5) is 0 Å². The fourth-order valence-electron chi connectivity index (χ4n) is 5.55. The standard InChI is InChI=1S/C44H89BrO13/c1-2-3-4-5-6-7-8-9-10-11-12-13-14-15-16-17-19-46-21-23-48-25-27-50-29-31-52-33-35-54-37-39-56-41-43-58-44-42-57-40-38-55-36-34-53-32-30-51-28-26-49-24-22-47-20-18-45/h2-44H2,1H3. The van der Waals surface area contributed by atoms with Crippen LogP contribution in [0.2, 0.25) is 0 Å². The third kappa shape index (κ3) is 56.0. The summed E-state index contributed by atoms with van der Waals surface area (Å²) >= 11 is 3.31. The molecule has 0 saturated heterocycles. The van der Waals surface area contributed by atoms with Crippen molar-refractivity contribution in [3.8, 4) is 0 Å². The Kier molecular flexibility index (Phi) is 56.9. The Balaban J connectivity index is 3.05. The van der Waals surface area contributed by atoms with Gasteiger partial charge in [0.05, 0.1) is 165 Å². The van der Waals surface area contributed by atoms with Crippen LogP contribution in [0.5, 0.6) is 0 Å². The molecule has 0 aliphatic heterocycles. The van der Waals surface area contributed by atoms with E-state index in [1.807, 2.05) is 0 Å². The Bertz CT molecular complexity index is 646. The quantitative estimate of drug-likeness (QED) is 0.0436. The van der Waals surface area contributed by atoms with Crippen molar-refractivity contribution in [2.75, 3.05) is 177 Å². The highest BCUT2D eigenvalue weighted by atomic mass is 79.9. The number of halogens is 1. The van der Waals surface area contributed by atoms with Gasteiger partial charge in [0.1, 0.15) is 0 Å². The molecule has 0 rings (SSSR count). The molecule has 0 atom stereocenters. The van der Waals surface area contributed by atoms with Crippen LogP contribution >= 0.6 is 15.9 Å². The van der Waals surface area contributed by atoms with E-state index >= 15 is 0 Å². The first-order valence-electron chi connectivity index (χ1n) is 23.0. The first-order chi connectivity index (χ1) is 28.9. The van der Waals surface area contributed by atoms with E-state index in [1.54, 1.807) is 0 Å². The minimum absolute atomic E-state index is 0.515. The van der Waals surface area contributed by atoms with Crippen LogP contribution < -0.4 is 0 Å². The maximum Gasteiger partial charge on any atom is 0.0701 e. The van der Waals surface area contributed by atoms with E-state index in [4.69, 9.17) is 61.6 Å². The maximum atomic E-state index is 5.70. The summed E-state index contributed by atoms with van der Waals surface area (Å²) in [6.45, 7) is 16.9. The van der Waals surface area contributed by atoms with Crippen molar-refractivity contribution in [1.29, 1.82) is 0 Å². The maximum absolute atomic E-state index is 5.70. The predicted molar refractivity (Wildman–Crippen MR) is 234 cm³/mol. The normalized spacial score (nSPS) is 11.7. The van der Waals surface area contributed by atoms with Crippen LogP contribution in [0.15, 0.2) is 0 Å². The fourth-order valence-corrected chi connectivity index (χ4v) is 5.78. The lowest BCUT2D eigenvalue weighted by Gasteiger charge is -2.09. The van der Waals surface area contributed by atoms with Crippen molar-refractivity contribution in [1.82, 2.24) is 0 Å². The smallest absolute Gasteiger partial charge is 0.0701 e. The van der Waals surface area contributed by atoms with E-state index in [2.05, 4.69) is 22.9 Å². The summed E-state index contributed by atoms with van der Waals surface area (Å²) in [5.41, 5.74) is 0. The molecular weight excluding hydrogens is 816 g/mol. The van der Waals surface area contributed by atoms with E-state index in [9.17, 15) is 0 Å². The van der Waals surface area contributed by atoms with Crippen molar-refractivity contribution >= 4 is 15.9 Å². The number of hydrogen-bond acceptors (Lipinski definition) is 13. The van der Waals surface area contributed by atoms with Gasteiger partial charge in [-0.1, -0.05) is 119 Å². The first kappa shape index (κ1) is 58.0. The molecule has 14 heteroatoms. The second-order valence-corrected chi connectivity index (χ2v) is 14.7. The van der Waals surface area contributed by atoms with Gasteiger partial charge in [0, 0.05) is 11.9 Å². The van der Waals surface area contributed by atoms with Gasteiger partial charge in [-0.05, 0) is 6.42 Å². The molecule has 0 saturated carbocycles. The zero-order chi connectivity index (χ0) is 41.6. The Morgan fingerprint density at radius 3 is 0.534 bits per heavy atom. The van der Waals surface area contributed by atoms with E-state index in [0.29, 0.717) is 165 Å². The van der Waals surface area contributed by atoms with Gasteiger partial charge in [-0.3, -0.25) is 0 Å². The lowest BCUT2D eigenvalue weighted by molar-refractivity contribution is -0.0289. The lowest BCUT2D eigenvalue weighted by atomic mass is 10.0. The van der Waals surface area contributed by atoms with Gasteiger partial charge >= 0.3 is 0 Å². The molecule has 0 spiro atoms. The van der Waals surface area contributed by atoms with Gasteiger partial charge in [0.25, 0.3) is 0 Å². The van der Waals surface area contributed by atoms with Crippen molar-refractivity contribution in [2.24, 2.45) is 0 Å². The molecule has 0 aliphatic carbocycles. The number of rotatable bonds is 55. The largest absolute Gasteiger partial charge is 0.379 e. The number of unbranched alkanes of at least 4 members (excludes halogenated alkanes) is 15. The summed E-state index contributed by atoms with van der Waals surface area (Å²) in [6, 6.07) is 0. The average Bonchev–Trinajstić information content (AvgIpc) is 3.23. The third-order valence-corrected chi connectivity index (χ3v) is 9.15. The second-order valence-electron chi connectivity index (χ2n) is 14.0. The molecule has 0 amide bonds. The molecule has 0 aromatic heterocycles. The molecule has 0 bridgehead atoms. The van der Waals surface area contributed by atoms with Crippen molar-refractivity contribution in [3.63, 3.8) is 0 Å². The summed E-state index contributed by atoms with van der Waals surface area (Å²) in [6.07, 6.45) is 22.2. The summed E-state index contributed by atoms with van der Waals surface area (Å²) in [7, 11) is 0. The molecule has 0 N–H and O–H groups in total. The molecule has 0 aromatic carbocycles. The van der Waals surface area contributed by atoms with E-state index in [-0.39, 0.29) is 0 Å². The molecule has 0 radical (unpaired) electrons. The highest BCUT2D eigenvalue weighted by Crippen LogP contribution is 2.13. The second kappa shape index (κ2) is 57.0. The SMILES string of the molecule is CCCCCCCCCCCCCCCCCCOCCOCCOCCOCCOCCOCCOCCOCCOCCOCCOCCOCCOCCBr. The molecular formula is C44H89BrO13. The van der Waals surface area contributed by atoms with Crippen molar-refractivity contribution in [2.45, 2.75) is 110 Å². The number of ether oxygens (including phenoxy) is 13. The predicted octanol–water partition coefficient (Wildman–Crippen LogP) is 7.86. The molecule has 0 aliphatic rings. The van der Waals surface area contributed by atoms with Gasteiger partial charge in [0.15, 0.2) is 0 Å². The van der Waals surface area contributed by atoms with Crippen LogP contribution in [-0.2, 0) is 61.6 Å². The van der Waals surface area contributed by atoms with Crippen molar-refractivity contribution in [3.05, 3.63) is 0 Å². The zero-order valence-corrected chi connectivity index (χ0v) is 38.7. The van der Waals surface area contributed by atoms with Crippen LogP contribution in [0.3, 0.4) is 0 Å². The molecule has 58 heavy (non-hydrogen) atoms. The molecule has 13 nitrogen and oxygen atoms in total. The van der Waals surface area contributed by atoms with Gasteiger partial charge < -0.3 is 61.6 Å². The minimum Gasteiger partial charge on any atom is -0.379 e. The third-order valence-electron chi connectivity index (χ3n) is 8.83. The summed E-state index contributed by atoms with van der Waals surface area (Å²) in [5, 5.41) is 0.838. The molecule has 0 heterocycles. The van der Waals surface area contributed by atoms with Crippen molar-refractivity contribution < 1.29 is 61.6 Å². The Morgan fingerprint density at radius 2 is 0.345 bits per heavy atom. The van der Waals surface area contributed by atoms with Gasteiger partial charge in [-0.2, -0.15) is 0 Å². The summed E-state index contributed by atoms with van der Waals surface area (Å²) in [4.78, 5) is 0. The molecule has 0 unspecified atom stereocenters. The minimum atomic E-state index is 0.515. The van der Waals surface area contributed by atoms with E-state index < -0.39 is 0 Å². The lowest BCUT2D eigenvalue weighted by Crippen LogP contribution is -2.15. The topological polar surface area (TPSA) is 120 Å². The van der Waals surface area contributed by atoms with E-state index in [1.165, 1.54) is 96.3 Å². The summed E-state index contributed by atoms with van der Waals surface area (Å²) < 4.78 is 71.5. The van der Waals surface area contributed by atoms with E-state index in [0.717, 1.165) is 18.4 Å². The summed E-state index contributed by atoms with van der Waals surface area (Å²) in [5.74, 6) is 0. The molecule has 0 fully saturated rings. The number of alkyl halides is 1. The van der Waals surface area contributed by atoms with Gasteiger partial charge in [-0.15, -0.1) is 0 Å². The number of hydrogen-bond donors (Lipinski definition) is 0. The zero-order valence-electron chi connectivity index (χ0n) is 37.1. The fraction of sp³-hybridized carbons (Fsp3) is 1.00. The first-order valence-corrected chi connectivity index (χ1v) is 24.1. The highest BCUT2D eigenvalue weighted by molar-refractivity contribution is 9.09. The molecule has 0 aromatic rings. The Labute approximate surface area is 363 Å².